The van der Waals surface area contributed by atoms with E-state index in [1.807, 2.05) is 60.7 Å². The molecule has 0 unspecified atom stereocenters. The number of esters is 4. The fourth-order valence-electron chi connectivity index (χ4n) is 5.30. The number of anilines is 2. The van der Waals surface area contributed by atoms with Gasteiger partial charge in [-0.05, 0) is 87.1 Å². The highest BCUT2D eigenvalue weighted by molar-refractivity contribution is 5.98. The summed E-state index contributed by atoms with van der Waals surface area (Å²) in [6.07, 6.45) is 7.34. The Bertz CT molecular complexity index is 1700. The standard InChI is InChI=1S/C45H56N4O9/c1-7-9-21-48(39-15-11-35(12-16-39)29-37(31-46)44(53)57-27-25-55-42(51)33(3)4)23-19-41(50)20-24-49(22-10-8-2)40-17-13-36(14-18-40)30-38(32-47)45(54)58-28-26-56-43(52)34(5)6/h11-18,29-30,41,50H,3,5,7-10,19-28H2,1-2,4,6H3. The van der Waals surface area contributed by atoms with E-state index < -0.39 is 30.0 Å². The van der Waals surface area contributed by atoms with E-state index in [-0.39, 0.29) is 48.7 Å². The largest absolute Gasteiger partial charge is 0.459 e. The Morgan fingerprint density at radius 1 is 0.621 bits per heavy atom. The van der Waals surface area contributed by atoms with Crippen LogP contribution in [0.5, 0.6) is 0 Å². The first kappa shape index (κ1) is 48.0. The molecule has 2 aromatic rings. The summed E-state index contributed by atoms with van der Waals surface area (Å²) in [5.74, 6) is -2.81. The van der Waals surface area contributed by atoms with Crippen molar-refractivity contribution in [3.05, 3.63) is 95.1 Å². The van der Waals surface area contributed by atoms with Crippen LogP contribution in [0, 0.1) is 22.7 Å². The quantitative estimate of drug-likeness (QED) is 0.0343. The Labute approximate surface area is 342 Å². The molecule has 13 heteroatoms. The normalized spacial score (nSPS) is 11.6. The van der Waals surface area contributed by atoms with Gasteiger partial charge in [0.15, 0.2) is 0 Å². The smallest absolute Gasteiger partial charge is 0.349 e. The molecule has 0 radical (unpaired) electrons. The summed E-state index contributed by atoms with van der Waals surface area (Å²) in [4.78, 5) is 52.3. The van der Waals surface area contributed by atoms with Crippen LogP contribution in [-0.2, 0) is 38.1 Å². The Kier molecular flexibility index (Phi) is 22.0. The van der Waals surface area contributed by atoms with Crippen molar-refractivity contribution in [2.45, 2.75) is 72.3 Å². The van der Waals surface area contributed by atoms with Crippen molar-refractivity contribution in [2.24, 2.45) is 0 Å². The minimum Gasteiger partial charge on any atom is -0.459 e. The predicted octanol–water partition coefficient (Wildman–Crippen LogP) is 6.88. The number of aliphatic hydroxyl groups excluding tert-OH is 1. The zero-order chi connectivity index (χ0) is 42.9. The van der Waals surface area contributed by atoms with E-state index in [0.29, 0.717) is 37.1 Å². The van der Waals surface area contributed by atoms with Gasteiger partial charge in [-0.1, -0.05) is 64.1 Å². The third kappa shape index (κ3) is 17.7. The number of unbranched alkanes of at least 4 members (excludes halogenated alkanes) is 2. The number of hydrogen-bond acceptors (Lipinski definition) is 13. The summed E-state index contributed by atoms with van der Waals surface area (Å²) in [5, 5.41) is 30.2. The molecule has 58 heavy (non-hydrogen) atoms. The van der Waals surface area contributed by atoms with Gasteiger partial charge in [0, 0.05) is 48.7 Å². The first-order valence-corrected chi connectivity index (χ1v) is 19.4. The van der Waals surface area contributed by atoms with Crippen LogP contribution >= 0.6 is 0 Å². The van der Waals surface area contributed by atoms with Crippen molar-refractivity contribution in [3.8, 4) is 12.1 Å². The van der Waals surface area contributed by atoms with Crippen molar-refractivity contribution in [2.75, 3.05) is 62.4 Å². The highest BCUT2D eigenvalue weighted by Crippen LogP contribution is 2.22. The second-order valence-corrected chi connectivity index (χ2v) is 13.5. The van der Waals surface area contributed by atoms with E-state index in [1.54, 1.807) is 0 Å². The van der Waals surface area contributed by atoms with Crippen LogP contribution < -0.4 is 9.80 Å². The average molecular weight is 797 g/mol. The van der Waals surface area contributed by atoms with Gasteiger partial charge >= 0.3 is 23.9 Å². The first-order chi connectivity index (χ1) is 27.8. The number of carbonyl (C=O) groups is 4. The molecule has 0 atom stereocenters. The van der Waals surface area contributed by atoms with Gasteiger partial charge in [0.2, 0.25) is 0 Å². The minimum atomic E-state index is -0.818. The van der Waals surface area contributed by atoms with Gasteiger partial charge in [-0.15, -0.1) is 0 Å². The molecule has 0 spiro atoms. The van der Waals surface area contributed by atoms with E-state index in [1.165, 1.54) is 26.0 Å². The summed E-state index contributed by atoms with van der Waals surface area (Å²) < 4.78 is 20.0. The van der Waals surface area contributed by atoms with Gasteiger partial charge in [-0.25, -0.2) is 19.2 Å². The molecule has 310 valence electrons. The van der Waals surface area contributed by atoms with Crippen LogP contribution in [0.1, 0.15) is 77.3 Å². The van der Waals surface area contributed by atoms with Gasteiger partial charge in [-0.3, -0.25) is 0 Å². The third-order valence-corrected chi connectivity index (χ3v) is 8.64. The topological polar surface area (TPSA) is 179 Å². The number of ether oxygens (including phenoxy) is 4. The van der Waals surface area contributed by atoms with Gasteiger partial charge in [0.05, 0.1) is 6.10 Å². The number of benzene rings is 2. The highest BCUT2D eigenvalue weighted by Gasteiger charge is 2.16. The number of rotatable bonds is 26. The second kappa shape index (κ2) is 26.6. The lowest BCUT2D eigenvalue weighted by atomic mass is 10.1. The minimum absolute atomic E-state index is 0.147. The molecule has 0 aromatic heterocycles. The number of hydrogen-bond donors (Lipinski definition) is 1. The molecule has 0 aliphatic rings. The third-order valence-electron chi connectivity index (χ3n) is 8.64. The Morgan fingerprint density at radius 2 is 0.948 bits per heavy atom. The van der Waals surface area contributed by atoms with E-state index in [2.05, 4.69) is 36.8 Å². The fourth-order valence-corrected chi connectivity index (χ4v) is 5.30. The molecule has 0 amide bonds. The maximum Gasteiger partial charge on any atom is 0.349 e. The van der Waals surface area contributed by atoms with Crippen LogP contribution in [0.4, 0.5) is 11.4 Å². The Balaban J connectivity index is 2.01. The summed E-state index contributed by atoms with van der Waals surface area (Å²) in [7, 11) is 0. The van der Waals surface area contributed by atoms with Gasteiger partial charge in [0.1, 0.15) is 49.7 Å². The number of aliphatic hydroxyl groups is 1. The molecule has 1 N–H and O–H groups in total. The second-order valence-electron chi connectivity index (χ2n) is 13.5. The highest BCUT2D eigenvalue weighted by atomic mass is 16.6. The van der Waals surface area contributed by atoms with Crippen molar-refractivity contribution >= 4 is 47.4 Å². The van der Waals surface area contributed by atoms with E-state index in [9.17, 15) is 34.8 Å². The molecule has 0 aliphatic heterocycles. The van der Waals surface area contributed by atoms with E-state index in [4.69, 9.17) is 18.9 Å². The van der Waals surface area contributed by atoms with Crippen molar-refractivity contribution in [1.82, 2.24) is 0 Å². The molecule has 0 fully saturated rings. The number of carbonyl (C=O) groups excluding carboxylic acids is 4. The Hall–Kier alpha value is -6.18. The zero-order valence-electron chi connectivity index (χ0n) is 34.2. The molecule has 2 aromatic carbocycles. The predicted molar refractivity (Wildman–Crippen MR) is 223 cm³/mol. The molecule has 2 rings (SSSR count). The monoisotopic (exact) mass is 796 g/mol. The molecule has 0 heterocycles. The summed E-state index contributed by atoms with van der Waals surface area (Å²) in [6, 6.07) is 18.7. The van der Waals surface area contributed by atoms with Crippen LogP contribution in [0.2, 0.25) is 0 Å². The molecule has 0 saturated heterocycles. The van der Waals surface area contributed by atoms with Crippen LogP contribution in [0.15, 0.2) is 84.0 Å². The molecular weight excluding hydrogens is 741 g/mol. The fraction of sp³-hybridized carbons (Fsp3) is 0.422. The summed E-state index contributed by atoms with van der Waals surface area (Å²) in [6.45, 7) is 16.4. The lowest BCUT2D eigenvalue weighted by molar-refractivity contribution is -0.147. The molecular formula is C45H56N4O9. The number of nitriles is 2. The molecule has 0 saturated carbocycles. The van der Waals surface area contributed by atoms with Crippen LogP contribution in [0.25, 0.3) is 12.2 Å². The van der Waals surface area contributed by atoms with Crippen molar-refractivity contribution in [1.29, 1.82) is 10.5 Å². The molecule has 0 bridgehead atoms. The van der Waals surface area contributed by atoms with Crippen LogP contribution in [-0.4, -0.2) is 87.7 Å². The maximum absolute atomic E-state index is 12.4. The Morgan fingerprint density at radius 3 is 1.24 bits per heavy atom. The number of nitrogens with zero attached hydrogens (tertiary/aromatic N) is 4. The molecule has 0 aliphatic carbocycles. The van der Waals surface area contributed by atoms with Gasteiger partial charge in [-0.2, -0.15) is 10.5 Å². The van der Waals surface area contributed by atoms with E-state index in [0.717, 1.165) is 50.1 Å². The van der Waals surface area contributed by atoms with Crippen molar-refractivity contribution in [3.63, 3.8) is 0 Å². The van der Waals surface area contributed by atoms with E-state index >= 15 is 0 Å². The molecule has 13 nitrogen and oxygen atoms in total. The first-order valence-electron chi connectivity index (χ1n) is 19.4. The van der Waals surface area contributed by atoms with Crippen LogP contribution in [0.3, 0.4) is 0 Å². The average Bonchev–Trinajstić information content (AvgIpc) is 3.22. The maximum atomic E-state index is 12.4. The summed E-state index contributed by atoms with van der Waals surface area (Å²) >= 11 is 0. The van der Waals surface area contributed by atoms with Gasteiger partial charge < -0.3 is 33.9 Å². The lowest BCUT2D eigenvalue weighted by Gasteiger charge is -2.28. The SMILES string of the molecule is C=C(C)C(=O)OCCOC(=O)C(C#N)=Cc1ccc(N(CCCC)CCC(O)CCN(CCCC)c2ccc(C=C(C#N)C(=O)OCCOC(=O)C(=C)C)cc2)cc1. The van der Waals surface area contributed by atoms with Crippen molar-refractivity contribution < 1.29 is 43.2 Å². The van der Waals surface area contributed by atoms with Gasteiger partial charge in [0.25, 0.3) is 0 Å². The lowest BCUT2D eigenvalue weighted by Crippen LogP contribution is -2.31. The summed E-state index contributed by atoms with van der Waals surface area (Å²) in [5.41, 5.74) is 3.28. The zero-order valence-corrected chi connectivity index (χ0v) is 34.2.